The molecule has 194 valence electrons. The first-order valence-corrected chi connectivity index (χ1v) is 12.9. The number of piperidine rings is 1. The second-order valence-corrected chi connectivity index (χ2v) is 9.84. The highest BCUT2D eigenvalue weighted by Crippen LogP contribution is 2.29. The molecule has 2 aromatic carbocycles. The zero-order valence-corrected chi connectivity index (χ0v) is 21.9. The Kier molecular flexibility index (Phi) is 8.50. The number of anilines is 1. The number of hydrogen-bond donors (Lipinski definition) is 0. The fourth-order valence-electron chi connectivity index (χ4n) is 4.59. The third-order valence-electron chi connectivity index (χ3n) is 6.50. The first-order chi connectivity index (χ1) is 17.8. The maximum atomic E-state index is 13.2. The summed E-state index contributed by atoms with van der Waals surface area (Å²) in [6.07, 6.45) is 1.46. The molecule has 2 aliphatic rings. The van der Waals surface area contributed by atoms with Crippen molar-refractivity contribution in [1.29, 1.82) is 0 Å². The minimum Gasteiger partial charge on any atom is -0.466 e. The van der Waals surface area contributed by atoms with E-state index in [1.54, 1.807) is 31.2 Å². The van der Waals surface area contributed by atoms with Crippen LogP contribution in [0, 0.1) is 5.92 Å². The number of rotatable bonds is 8. The van der Waals surface area contributed by atoms with Crippen molar-refractivity contribution in [3.05, 3.63) is 64.1 Å². The summed E-state index contributed by atoms with van der Waals surface area (Å²) in [5.41, 5.74) is 0.962. The lowest BCUT2D eigenvalue weighted by molar-refractivity contribution is -0.150. The van der Waals surface area contributed by atoms with Gasteiger partial charge in [0.15, 0.2) is 12.4 Å². The van der Waals surface area contributed by atoms with Crippen LogP contribution in [0.1, 0.15) is 46.9 Å². The van der Waals surface area contributed by atoms with Crippen LogP contribution in [0.2, 0.25) is 0 Å². The number of likely N-dealkylation sites (tertiary alicyclic amines) is 1. The Hall–Kier alpha value is -3.37. The Bertz CT molecular complexity index is 1200. The second-order valence-electron chi connectivity index (χ2n) is 8.93. The van der Waals surface area contributed by atoms with E-state index in [2.05, 4.69) is 15.9 Å². The summed E-state index contributed by atoms with van der Waals surface area (Å²) in [6.45, 7) is 2.64. The van der Waals surface area contributed by atoms with Gasteiger partial charge in [0, 0.05) is 16.6 Å². The number of esters is 2. The van der Waals surface area contributed by atoms with Crippen molar-refractivity contribution in [2.24, 2.45) is 5.92 Å². The van der Waals surface area contributed by atoms with Crippen LogP contribution in [0.5, 0.6) is 0 Å². The van der Waals surface area contributed by atoms with E-state index in [0.29, 0.717) is 37.4 Å². The Labute approximate surface area is 222 Å². The molecule has 0 radical (unpaired) electrons. The van der Waals surface area contributed by atoms with Crippen LogP contribution in [-0.4, -0.2) is 66.8 Å². The quantitative estimate of drug-likeness (QED) is 0.270. The highest BCUT2D eigenvalue weighted by molar-refractivity contribution is 9.10. The number of benzene rings is 2. The van der Waals surface area contributed by atoms with Crippen LogP contribution in [0.3, 0.4) is 0 Å². The summed E-state index contributed by atoms with van der Waals surface area (Å²) in [6, 6.07) is 12.0. The van der Waals surface area contributed by atoms with E-state index in [0.717, 1.165) is 15.8 Å². The summed E-state index contributed by atoms with van der Waals surface area (Å²) in [5, 5.41) is 0. The van der Waals surface area contributed by atoms with Gasteiger partial charge in [-0.3, -0.25) is 24.1 Å². The lowest BCUT2D eigenvalue weighted by Gasteiger charge is -2.34. The first kappa shape index (κ1) is 26.7. The SMILES string of the molecule is CCOC(=O)C1CCCN(C2CC(=O)N(c3ccc(C(=O)OCC(=O)c4ccc(Br)cc4)cc3)C2=O)C1. The summed E-state index contributed by atoms with van der Waals surface area (Å²) < 4.78 is 11.1. The number of ketones is 1. The van der Waals surface area contributed by atoms with Crippen LogP contribution in [0.15, 0.2) is 53.0 Å². The smallest absolute Gasteiger partial charge is 0.338 e. The summed E-state index contributed by atoms with van der Waals surface area (Å²) in [5.74, 6) is -2.31. The molecular weight excluding hydrogens is 544 g/mol. The number of carbonyl (C=O) groups is 5. The zero-order chi connectivity index (χ0) is 26.5. The predicted molar refractivity (Wildman–Crippen MR) is 137 cm³/mol. The van der Waals surface area contributed by atoms with Crippen molar-refractivity contribution in [1.82, 2.24) is 4.90 Å². The van der Waals surface area contributed by atoms with Crippen molar-refractivity contribution in [3.8, 4) is 0 Å². The van der Waals surface area contributed by atoms with E-state index >= 15 is 0 Å². The molecule has 0 bridgehead atoms. The van der Waals surface area contributed by atoms with Crippen LogP contribution < -0.4 is 4.90 Å². The van der Waals surface area contributed by atoms with E-state index in [1.165, 1.54) is 24.3 Å². The number of halogens is 1. The highest BCUT2D eigenvalue weighted by Gasteiger charge is 2.44. The minimum atomic E-state index is -0.688. The third-order valence-corrected chi connectivity index (χ3v) is 7.03. The van der Waals surface area contributed by atoms with Crippen LogP contribution in [0.4, 0.5) is 5.69 Å². The van der Waals surface area contributed by atoms with Crippen molar-refractivity contribution >= 4 is 51.2 Å². The molecule has 2 unspecified atom stereocenters. The summed E-state index contributed by atoms with van der Waals surface area (Å²) >= 11 is 3.30. The molecule has 2 aliphatic heterocycles. The van der Waals surface area contributed by atoms with E-state index in [-0.39, 0.29) is 41.5 Å². The molecule has 2 fully saturated rings. The molecule has 9 nitrogen and oxygen atoms in total. The molecule has 0 saturated carbocycles. The van der Waals surface area contributed by atoms with E-state index in [4.69, 9.17) is 9.47 Å². The van der Waals surface area contributed by atoms with Gasteiger partial charge in [-0.2, -0.15) is 0 Å². The fraction of sp³-hybridized carbons (Fsp3) is 0.370. The average molecular weight is 571 g/mol. The van der Waals surface area contributed by atoms with Gasteiger partial charge >= 0.3 is 11.9 Å². The Morgan fingerprint density at radius 1 is 0.973 bits per heavy atom. The summed E-state index contributed by atoms with van der Waals surface area (Å²) in [4.78, 5) is 65.8. The second kappa shape index (κ2) is 11.8. The molecule has 2 saturated heterocycles. The lowest BCUT2D eigenvalue weighted by Crippen LogP contribution is -2.48. The van der Waals surface area contributed by atoms with Gasteiger partial charge in [0.25, 0.3) is 5.91 Å². The number of carbonyl (C=O) groups excluding carboxylic acids is 5. The third kappa shape index (κ3) is 6.14. The number of hydrogen-bond acceptors (Lipinski definition) is 8. The molecule has 0 aliphatic carbocycles. The summed E-state index contributed by atoms with van der Waals surface area (Å²) in [7, 11) is 0. The molecule has 2 heterocycles. The molecule has 0 N–H and O–H groups in total. The molecule has 2 atom stereocenters. The van der Waals surface area contributed by atoms with Crippen LogP contribution in [0.25, 0.3) is 0 Å². The van der Waals surface area contributed by atoms with Gasteiger partial charge in [-0.15, -0.1) is 0 Å². The molecule has 0 spiro atoms. The number of ether oxygens (including phenoxy) is 2. The van der Waals surface area contributed by atoms with Crippen LogP contribution in [-0.2, 0) is 23.9 Å². The molecular formula is C27H27BrN2O7. The highest BCUT2D eigenvalue weighted by atomic mass is 79.9. The maximum absolute atomic E-state index is 13.2. The molecule has 4 rings (SSSR count). The van der Waals surface area contributed by atoms with Gasteiger partial charge < -0.3 is 9.47 Å². The number of Topliss-reactive ketones (excluding diaryl/α,β-unsaturated/α-hetero) is 1. The topological polar surface area (TPSA) is 110 Å². The van der Waals surface area contributed by atoms with Crippen molar-refractivity contribution in [2.45, 2.75) is 32.2 Å². The van der Waals surface area contributed by atoms with E-state index in [9.17, 15) is 24.0 Å². The van der Waals surface area contributed by atoms with Gasteiger partial charge in [-0.05, 0) is 62.7 Å². The Balaban J connectivity index is 1.36. The van der Waals surface area contributed by atoms with E-state index < -0.39 is 18.6 Å². The number of imide groups is 1. The molecule has 10 heteroatoms. The average Bonchev–Trinajstić information content (AvgIpc) is 3.21. The predicted octanol–water partition coefficient (Wildman–Crippen LogP) is 3.40. The van der Waals surface area contributed by atoms with Crippen molar-refractivity contribution in [3.63, 3.8) is 0 Å². The van der Waals surface area contributed by atoms with E-state index in [1.807, 2.05) is 4.90 Å². The molecule has 2 aromatic rings. The first-order valence-electron chi connectivity index (χ1n) is 12.1. The number of amides is 2. The van der Waals surface area contributed by atoms with Gasteiger partial charge in [0.05, 0.1) is 36.2 Å². The maximum Gasteiger partial charge on any atom is 0.338 e. The van der Waals surface area contributed by atoms with Gasteiger partial charge in [0.1, 0.15) is 0 Å². The van der Waals surface area contributed by atoms with Gasteiger partial charge in [-0.25, -0.2) is 9.69 Å². The van der Waals surface area contributed by atoms with Gasteiger partial charge in [-0.1, -0.05) is 28.1 Å². The van der Waals surface area contributed by atoms with Gasteiger partial charge in [0.2, 0.25) is 5.91 Å². The van der Waals surface area contributed by atoms with Crippen molar-refractivity contribution < 1.29 is 33.4 Å². The standard InChI is InChI=1S/C27H27BrN2O7/c1-2-36-27(35)19-4-3-13-29(15-19)22-14-24(32)30(25(22)33)21-11-7-18(8-12-21)26(34)37-16-23(31)17-5-9-20(28)10-6-17/h5-12,19,22H,2-4,13-16H2,1H3. The normalized spacial score (nSPS) is 20.1. The fourth-order valence-corrected chi connectivity index (χ4v) is 4.86. The van der Waals surface area contributed by atoms with Crippen molar-refractivity contribution in [2.75, 3.05) is 31.2 Å². The molecule has 37 heavy (non-hydrogen) atoms. The Morgan fingerprint density at radius 2 is 1.65 bits per heavy atom. The molecule has 0 aromatic heterocycles. The van der Waals surface area contributed by atoms with Crippen LogP contribution >= 0.6 is 15.9 Å². The monoisotopic (exact) mass is 570 g/mol. The Morgan fingerprint density at radius 3 is 2.32 bits per heavy atom. The zero-order valence-electron chi connectivity index (χ0n) is 20.4. The molecule has 2 amide bonds. The minimum absolute atomic E-state index is 0.0241. The largest absolute Gasteiger partial charge is 0.466 e. The lowest BCUT2D eigenvalue weighted by atomic mass is 9.96. The number of nitrogens with zero attached hydrogens (tertiary/aromatic N) is 2.